The molecule has 0 fully saturated rings. The van der Waals surface area contributed by atoms with Gasteiger partial charge in [0.15, 0.2) is 0 Å². The lowest BCUT2D eigenvalue weighted by atomic mass is 9.94. The van der Waals surface area contributed by atoms with Crippen LogP contribution in [0.1, 0.15) is 59.4 Å². The summed E-state index contributed by atoms with van der Waals surface area (Å²) >= 11 is 1.40. The molecule has 37 heavy (non-hydrogen) atoms. The molecule has 0 saturated carbocycles. The molecule has 0 spiro atoms. The van der Waals surface area contributed by atoms with E-state index < -0.39 is 6.36 Å². The van der Waals surface area contributed by atoms with Crippen molar-refractivity contribution in [1.29, 1.82) is 0 Å². The summed E-state index contributed by atoms with van der Waals surface area (Å²) in [5.41, 5.74) is 0.978. The third kappa shape index (κ3) is 8.66. The van der Waals surface area contributed by atoms with Crippen LogP contribution in [0.25, 0.3) is 20.5 Å². The van der Waals surface area contributed by atoms with Gasteiger partial charge in [-0.15, -0.1) is 24.5 Å². The number of alkyl halides is 3. The van der Waals surface area contributed by atoms with Gasteiger partial charge in [-0.05, 0) is 60.2 Å². The van der Waals surface area contributed by atoms with Crippen LogP contribution in [0.5, 0.6) is 11.5 Å². The molecule has 0 bridgehead atoms. The van der Waals surface area contributed by atoms with E-state index >= 15 is 0 Å². The van der Waals surface area contributed by atoms with E-state index in [-0.39, 0.29) is 23.0 Å². The van der Waals surface area contributed by atoms with E-state index in [1.807, 2.05) is 58.0 Å². The molecule has 1 aromatic heterocycles. The topological polar surface area (TPSA) is 47.6 Å². The summed E-state index contributed by atoms with van der Waals surface area (Å²) in [5.74, 6) is 0.423. The SMILES string of the molecule is CCCCCc1ccc(-c2cc3ccc(OCC(C)(C)CNC(=O)C(C)C)cc3s2)c(OC(F)(F)F)c1. The molecule has 0 atom stereocenters. The van der Waals surface area contributed by atoms with E-state index in [0.29, 0.717) is 35.8 Å². The first-order valence-corrected chi connectivity index (χ1v) is 13.5. The number of carbonyl (C=O) groups excluding carboxylic acids is 1. The van der Waals surface area contributed by atoms with Crippen molar-refractivity contribution >= 4 is 27.3 Å². The van der Waals surface area contributed by atoms with Crippen LogP contribution in [-0.4, -0.2) is 25.4 Å². The average Bonchev–Trinajstić information content (AvgIpc) is 3.23. The van der Waals surface area contributed by atoms with Gasteiger partial charge in [-0.2, -0.15) is 0 Å². The van der Waals surface area contributed by atoms with Gasteiger partial charge in [-0.3, -0.25) is 4.79 Å². The molecule has 3 aromatic rings. The Balaban J connectivity index is 1.78. The largest absolute Gasteiger partial charge is 0.573 e. The maximum Gasteiger partial charge on any atom is 0.573 e. The average molecular weight is 536 g/mol. The predicted octanol–water partition coefficient (Wildman–Crippen LogP) is 8.38. The number of rotatable bonds is 12. The molecule has 1 N–H and O–H groups in total. The number of benzene rings is 2. The van der Waals surface area contributed by atoms with Crippen molar-refractivity contribution in [3.63, 3.8) is 0 Å². The summed E-state index contributed by atoms with van der Waals surface area (Å²) < 4.78 is 50.9. The van der Waals surface area contributed by atoms with Crippen LogP contribution in [0.2, 0.25) is 0 Å². The summed E-state index contributed by atoms with van der Waals surface area (Å²) in [6.07, 6.45) is -1.05. The van der Waals surface area contributed by atoms with Gasteiger partial charge < -0.3 is 14.8 Å². The Kier molecular flexibility index (Phi) is 9.51. The van der Waals surface area contributed by atoms with E-state index in [2.05, 4.69) is 17.0 Å². The van der Waals surface area contributed by atoms with Crippen LogP contribution in [0, 0.1) is 11.3 Å². The number of halogens is 3. The van der Waals surface area contributed by atoms with Crippen molar-refractivity contribution in [1.82, 2.24) is 5.32 Å². The smallest absolute Gasteiger partial charge is 0.493 e. The molecular formula is C29H36F3NO3S. The second-order valence-electron chi connectivity index (χ2n) is 10.5. The fraction of sp³-hybridized carbons (Fsp3) is 0.483. The summed E-state index contributed by atoms with van der Waals surface area (Å²) in [6, 6.07) is 12.6. The number of aryl methyl sites for hydroxylation is 1. The van der Waals surface area contributed by atoms with Crippen molar-refractivity contribution in [3.05, 3.63) is 48.0 Å². The minimum Gasteiger partial charge on any atom is -0.493 e. The Hall–Kier alpha value is -2.74. The third-order valence-corrected chi connectivity index (χ3v) is 7.12. The van der Waals surface area contributed by atoms with Crippen LogP contribution in [0.3, 0.4) is 0 Å². The van der Waals surface area contributed by atoms with Crippen molar-refractivity contribution in [2.75, 3.05) is 13.2 Å². The molecule has 0 unspecified atom stereocenters. The van der Waals surface area contributed by atoms with Gasteiger partial charge >= 0.3 is 6.36 Å². The maximum absolute atomic E-state index is 13.2. The third-order valence-electron chi connectivity index (χ3n) is 5.99. The highest BCUT2D eigenvalue weighted by Gasteiger charge is 2.32. The molecule has 3 rings (SSSR count). The first kappa shape index (κ1) is 28.8. The van der Waals surface area contributed by atoms with Crippen LogP contribution < -0.4 is 14.8 Å². The van der Waals surface area contributed by atoms with Crippen LogP contribution >= 0.6 is 11.3 Å². The Bertz CT molecular complexity index is 1200. The summed E-state index contributed by atoms with van der Waals surface area (Å²) in [7, 11) is 0. The molecule has 0 aliphatic carbocycles. The summed E-state index contributed by atoms with van der Waals surface area (Å²) in [6.45, 7) is 10.7. The van der Waals surface area contributed by atoms with Crippen LogP contribution in [0.15, 0.2) is 42.5 Å². The molecule has 0 aliphatic rings. The zero-order valence-electron chi connectivity index (χ0n) is 22.1. The first-order valence-electron chi connectivity index (χ1n) is 12.7. The van der Waals surface area contributed by atoms with Gasteiger partial charge in [-0.25, -0.2) is 0 Å². The Morgan fingerprint density at radius 1 is 1.05 bits per heavy atom. The van der Waals surface area contributed by atoms with Crippen LogP contribution in [-0.2, 0) is 11.2 Å². The van der Waals surface area contributed by atoms with E-state index in [1.54, 1.807) is 6.07 Å². The predicted molar refractivity (Wildman–Crippen MR) is 144 cm³/mol. The number of nitrogens with one attached hydrogen (secondary N) is 1. The zero-order valence-corrected chi connectivity index (χ0v) is 22.9. The lowest BCUT2D eigenvalue weighted by Gasteiger charge is -2.25. The number of amides is 1. The van der Waals surface area contributed by atoms with Crippen molar-refractivity contribution in [3.8, 4) is 21.9 Å². The highest BCUT2D eigenvalue weighted by atomic mass is 32.1. The first-order chi connectivity index (χ1) is 17.4. The molecule has 0 radical (unpaired) electrons. The maximum atomic E-state index is 13.2. The van der Waals surface area contributed by atoms with E-state index in [4.69, 9.17) is 4.74 Å². The number of ether oxygens (including phenoxy) is 2. The second-order valence-corrected chi connectivity index (χ2v) is 11.6. The molecule has 0 saturated heterocycles. The Morgan fingerprint density at radius 2 is 1.81 bits per heavy atom. The van der Waals surface area contributed by atoms with Crippen LogP contribution in [0.4, 0.5) is 13.2 Å². The Labute approximate surface area is 221 Å². The monoisotopic (exact) mass is 535 g/mol. The molecule has 4 nitrogen and oxygen atoms in total. The number of thiophene rings is 1. The Morgan fingerprint density at radius 3 is 2.49 bits per heavy atom. The highest BCUT2D eigenvalue weighted by Crippen LogP contribution is 2.41. The van der Waals surface area contributed by atoms with Crippen molar-refractivity contribution < 1.29 is 27.4 Å². The molecule has 2 aromatic carbocycles. The number of hydrogen-bond donors (Lipinski definition) is 1. The van der Waals surface area contributed by atoms with Gasteiger partial charge in [0, 0.05) is 33.0 Å². The molecule has 1 heterocycles. The fourth-order valence-corrected chi connectivity index (χ4v) is 4.93. The quantitative estimate of drug-likeness (QED) is 0.237. The molecule has 1 amide bonds. The second kappa shape index (κ2) is 12.2. The number of fused-ring (bicyclic) bond motifs is 1. The van der Waals surface area contributed by atoms with E-state index in [0.717, 1.165) is 34.9 Å². The summed E-state index contributed by atoms with van der Waals surface area (Å²) in [5, 5.41) is 3.86. The number of carbonyl (C=O) groups is 1. The van der Waals surface area contributed by atoms with Gasteiger partial charge in [0.1, 0.15) is 11.5 Å². The minimum absolute atomic E-state index is 0.00322. The van der Waals surface area contributed by atoms with Gasteiger partial charge in [0.05, 0.1) is 6.61 Å². The number of hydrogen-bond acceptors (Lipinski definition) is 4. The fourth-order valence-electron chi connectivity index (χ4n) is 3.81. The molecule has 0 aliphatic heterocycles. The number of unbranched alkanes of at least 4 members (excludes halogenated alkanes) is 2. The minimum atomic E-state index is -4.77. The van der Waals surface area contributed by atoms with Gasteiger partial charge in [0.2, 0.25) is 5.91 Å². The zero-order chi connectivity index (χ0) is 27.2. The van der Waals surface area contributed by atoms with E-state index in [9.17, 15) is 18.0 Å². The molecule has 202 valence electrons. The van der Waals surface area contributed by atoms with Gasteiger partial charge in [-0.1, -0.05) is 53.5 Å². The molecule has 8 heteroatoms. The highest BCUT2D eigenvalue weighted by molar-refractivity contribution is 7.22. The summed E-state index contributed by atoms with van der Waals surface area (Å²) in [4.78, 5) is 12.6. The lowest BCUT2D eigenvalue weighted by Crippen LogP contribution is -2.39. The van der Waals surface area contributed by atoms with Crippen molar-refractivity contribution in [2.45, 2.75) is 66.7 Å². The normalized spacial score (nSPS) is 12.2. The molecular weight excluding hydrogens is 499 g/mol. The van der Waals surface area contributed by atoms with Gasteiger partial charge in [0.25, 0.3) is 0 Å². The van der Waals surface area contributed by atoms with E-state index in [1.165, 1.54) is 17.4 Å². The van der Waals surface area contributed by atoms with Crippen molar-refractivity contribution in [2.24, 2.45) is 11.3 Å². The standard InChI is InChI=1S/C29H36F3NO3S/c1-6-7-8-9-20-10-13-23(24(14-20)36-29(30,31)32)26-15-21-11-12-22(16-25(21)37-26)35-18-28(4,5)17-33-27(34)19(2)3/h10-16,19H,6-9,17-18H2,1-5H3,(H,33,34). The lowest BCUT2D eigenvalue weighted by molar-refractivity contribution is -0.274.